The normalized spacial score (nSPS) is 15.6. The van der Waals surface area contributed by atoms with Crippen LogP contribution in [0.3, 0.4) is 0 Å². The highest BCUT2D eigenvalue weighted by Crippen LogP contribution is 2.43. The summed E-state index contributed by atoms with van der Waals surface area (Å²) in [6.45, 7) is 0.221. The Hall–Kier alpha value is -1.73. The van der Waals surface area contributed by atoms with Gasteiger partial charge in [0.15, 0.2) is 17.3 Å². The van der Waals surface area contributed by atoms with Crippen LogP contribution in [0.4, 0.5) is 4.39 Å². The maximum atomic E-state index is 14.8. The van der Waals surface area contributed by atoms with Gasteiger partial charge in [0.1, 0.15) is 11.3 Å². The molecule has 124 valence electrons. The standard InChI is InChI=1S/C17H12BrFN2O2.H2S/c18-11-4-5-12-16(15(11)19)21(17(20-12)9-1-2-9)10-3-6-13-14(7-10)23-8-22-13;/h3-7,9H,1-2,8H2;1H2. The Balaban J connectivity index is 0.00000146. The van der Waals surface area contributed by atoms with E-state index in [-0.39, 0.29) is 26.1 Å². The lowest BCUT2D eigenvalue weighted by Gasteiger charge is -2.10. The van der Waals surface area contributed by atoms with Crippen LogP contribution in [-0.4, -0.2) is 16.3 Å². The molecule has 5 rings (SSSR count). The van der Waals surface area contributed by atoms with E-state index >= 15 is 0 Å². The van der Waals surface area contributed by atoms with Gasteiger partial charge in [-0.2, -0.15) is 13.5 Å². The first-order chi connectivity index (χ1) is 11.2. The number of ether oxygens (including phenoxy) is 2. The zero-order chi connectivity index (χ0) is 15.6. The maximum Gasteiger partial charge on any atom is 0.231 e. The SMILES string of the molecule is Fc1c(Br)ccc2nc(C3CC3)n(-c3ccc4c(c3)OCO4)c12.S. The van der Waals surface area contributed by atoms with E-state index in [1.54, 1.807) is 6.07 Å². The number of halogens is 2. The summed E-state index contributed by atoms with van der Waals surface area (Å²) < 4.78 is 27.9. The van der Waals surface area contributed by atoms with Gasteiger partial charge in [0.05, 0.1) is 15.7 Å². The van der Waals surface area contributed by atoms with Gasteiger partial charge in [-0.15, -0.1) is 0 Å². The minimum atomic E-state index is -0.292. The summed E-state index contributed by atoms with van der Waals surface area (Å²) in [5.41, 5.74) is 2.01. The predicted molar refractivity (Wildman–Crippen MR) is 97.2 cm³/mol. The average Bonchev–Trinajstić information content (AvgIpc) is 3.17. The summed E-state index contributed by atoms with van der Waals surface area (Å²) in [6, 6.07) is 9.20. The Labute approximate surface area is 153 Å². The number of benzene rings is 2. The molecule has 0 unspecified atom stereocenters. The van der Waals surface area contributed by atoms with Crippen LogP contribution in [0.15, 0.2) is 34.8 Å². The van der Waals surface area contributed by atoms with Gasteiger partial charge in [0, 0.05) is 12.0 Å². The summed E-state index contributed by atoms with van der Waals surface area (Å²) in [7, 11) is 0. The van der Waals surface area contributed by atoms with Crippen molar-refractivity contribution in [3.8, 4) is 17.2 Å². The molecule has 1 aliphatic heterocycles. The van der Waals surface area contributed by atoms with E-state index in [1.807, 2.05) is 28.8 Å². The summed E-state index contributed by atoms with van der Waals surface area (Å²) >= 11 is 3.27. The van der Waals surface area contributed by atoms with Crippen LogP contribution in [0, 0.1) is 5.82 Å². The Bertz CT molecular complexity index is 955. The van der Waals surface area contributed by atoms with E-state index in [9.17, 15) is 4.39 Å². The van der Waals surface area contributed by atoms with Crippen molar-refractivity contribution in [1.82, 2.24) is 9.55 Å². The van der Waals surface area contributed by atoms with Crippen LogP contribution in [0.2, 0.25) is 0 Å². The molecule has 0 saturated heterocycles. The highest BCUT2D eigenvalue weighted by molar-refractivity contribution is 9.10. The van der Waals surface area contributed by atoms with E-state index in [2.05, 4.69) is 20.9 Å². The molecule has 0 bridgehead atoms. The molecule has 2 aliphatic rings. The molecular formula is C17H14BrFN2O2S. The number of hydrogen-bond acceptors (Lipinski definition) is 3. The summed E-state index contributed by atoms with van der Waals surface area (Å²) in [6.07, 6.45) is 2.19. The van der Waals surface area contributed by atoms with Gasteiger partial charge < -0.3 is 9.47 Å². The Kier molecular flexibility index (Phi) is 3.73. The molecule has 0 atom stereocenters. The second-order valence-electron chi connectivity index (χ2n) is 5.85. The summed E-state index contributed by atoms with van der Waals surface area (Å²) in [5, 5.41) is 0. The van der Waals surface area contributed by atoms with Gasteiger partial charge in [-0.05, 0) is 53.0 Å². The van der Waals surface area contributed by atoms with Gasteiger partial charge >= 0.3 is 0 Å². The highest BCUT2D eigenvalue weighted by Gasteiger charge is 2.31. The molecule has 0 radical (unpaired) electrons. The minimum absolute atomic E-state index is 0. The lowest BCUT2D eigenvalue weighted by atomic mass is 10.2. The average molecular weight is 409 g/mol. The van der Waals surface area contributed by atoms with Crippen LogP contribution < -0.4 is 9.47 Å². The van der Waals surface area contributed by atoms with Gasteiger partial charge in [0.2, 0.25) is 6.79 Å². The summed E-state index contributed by atoms with van der Waals surface area (Å²) in [4.78, 5) is 4.68. The van der Waals surface area contributed by atoms with Crippen molar-refractivity contribution in [2.45, 2.75) is 18.8 Å². The van der Waals surface area contributed by atoms with E-state index in [1.165, 1.54) is 0 Å². The topological polar surface area (TPSA) is 36.3 Å². The fraction of sp³-hybridized carbons (Fsp3) is 0.235. The fourth-order valence-electron chi connectivity index (χ4n) is 3.02. The second kappa shape index (κ2) is 5.67. The zero-order valence-electron chi connectivity index (χ0n) is 12.6. The summed E-state index contributed by atoms with van der Waals surface area (Å²) in [5.74, 6) is 2.41. The number of nitrogens with zero attached hydrogens (tertiary/aromatic N) is 2. The molecule has 0 spiro atoms. The Morgan fingerprint density at radius 1 is 1.12 bits per heavy atom. The van der Waals surface area contributed by atoms with Crippen molar-refractivity contribution in [2.75, 3.05) is 6.79 Å². The van der Waals surface area contributed by atoms with E-state index < -0.39 is 0 Å². The first-order valence-electron chi connectivity index (χ1n) is 7.49. The fourth-order valence-corrected chi connectivity index (χ4v) is 3.34. The number of imidazole rings is 1. The van der Waals surface area contributed by atoms with Gasteiger partial charge in [-0.1, -0.05) is 0 Å². The number of rotatable bonds is 2. The first-order valence-corrected chi connectivity index (χ1v) is 8.28. The molecule has 2 heterocycles. The molecular weight excluding hydrogens is 395 g/mol. The third-order valence-corrected chi connectivity index (χ3v) is 4.90. The van der Waals surface area contributed by atoms with Crippen LogP contribution in [-0.2, 0) is 0 Å². The lowest BCUT2D eigenvalue weighted by molar-refractivity contribution is 0.174. The lowest BCUT2D eigenvalue weighted by Crippen LogP contribution is -2.01. The van der Waals surface area contributed by atoms with Crippen molar-refractivity contribution in [3.63, 3.8) is 0 Å². The Morgan fingerprint density at radius 3 is 2.71 bits per heavy atom. The quantitative estimate of drug-likeness (QED) is 0.619. The van der Waals surface area contributed by atoms with Crippen LogP contribution in [0.5, 0.6) is 11.5 Å². The number of fused-ring (bicyclic) bond motifs is 2. The molecule has 7 heteroatoms. The van der Waals surface area contributed by atoms with Gasteiger partial charge in [-0.3, -0.25) is 4.57 Å². The smallest absolute Gasteiger partial charge is 0.231 e. The van der Waals surface area contributed by atoms with Crippen molar-refractivity contribution >= 4 is 40.5 Å². The number of aromatic nitrogens is 2. The molecule has 1 fully saturated rings. The zero-order valence-corrected chi connectivity index (χ0v) is 15.1. The van der Waals surface area contributed by atoms with E-state index in [4.69, 9.17) is 9.47 Å². The predicted octanol–water partition coefficient (Wildman–Crippen LogP) is 4.65. The molecule has 0 N–H and O–H groups in total. The molecule has 24 heavy (non-hydrogen) atoms. The highest BCUT2D eigenvalue weighted by atomic mass is 79.9. The Morgan fingerprint density at radius 2 is 1.92 bits per heavy atom. The number of hydrogen-bond donors (Lipinski definition) is 0. The van der Waals surface area contributed by atoms with Crippen molar-refractivity contribution in [3.05, 3.63) is 46.4 Å². The maximum absolute atomic E-state index is 14.8. The molecule has 2 aromatic carbocycles. The van der Waals surface area contributed by atoms with E-state index in [0.717, 1.165) is 24.4 Å². The molecule has 1 aliphatic carbocycles. The van der Waals surface area contributed by atoms with Crippen LogP contribution in [0.25, 0.3) is 16.7 Å². The molecule has 0 amide bonds. The molecule has 1 aromatic heterocycles. The largest absolute Gasteiger partial charge is 0.454 e. The first kappa shape index (κ1) is 15.8. The molecule has 1 saturated carbocycles. The van der Waals surface area contributed by atoms with Crippen molar-refractivity contribution in [2.24, 2.45) is 0 Å². The third-order valence-electron chi connectivity index (χ3n) is 4.29. The van der Waals surface area contributed by atoms with Gasteiger partial charge in [-0.25, -0.2) is 9.37 Å². The molecule has 4 nitrogen and oxygen atoms in total. The van der Waals surface area contributed by atoms with Crippen molar-refractivity contribution in [1.29, 1.82) is 0 Å². The van der Waals surface area contributed by atoms with E-state index in [0.29, 0.717) is 32.9 Å². The van der Waals surface area contributed by atoms with Gasteiger partial charge in [0.25, 0.3) is 0 Å². The second-order valence-corrected chi connectivity index (χ2v) is 6.70. The third kappa shape index (κ3) is 2.29. The minimum Gasteiger partial charge on any atom is -0.454 e. The monoisotopic (exact) mass is 408 g/mol. The van der Waals surface area contributed by atoms with Crippen LogP contribution >= 0.6 is 29.4 Å². The van der Waals surface area contributed by atoms with Crippen LogP contribution in [0.1, 0.15) is 24.6 Å². The van der Waals surface area contributed by atoms with Crippen molar-refractivity contribution < 1.29 is 13.9 Å². The molecule has 3 aromatic rings.